The van der Waals surface area contributed by atoms with Crippen molar-refractivity contribution in [1.29, 1.82) is 0 Å². The topological polar surface area (TPSA) is 92.8 Å². The Bertz CT molecular complexity index is 673. The summed E-state index contributed by atoms with van der Waals surface area (Å²) in [7, 11) is 0. The predicted octanol–water partition coefficient (Wildman–Crippen LogP) is 3.01. The van der Waals surface area contributed by atoms with E-state index in [4.69, 9.17) is 15.6 Å². The molecule has 2 atom stereocenters. The lowest BCUT2D eigenvalue weighted by molar-refractivity contribution is -0.138. The Morgan fingerprint density at radius 1 is 1.43 bits per heavy atom. The van der Waals surface area contributed by atoms with Gasteiger partial charge in [0.2, 0.25) is 0 Å². The zero-order valence-corrected chi connectivity index (χ0v) is 18.2. The number of carboxylic acids is 1. The van der Waals surface area contributed by atoms with Gasteiger partial charge in [0.15, 0.2) is 0 Å². The van der Waals surface area contributed by atoms with E-state index in [0.29, 0.717) is 11.5 Å². The number of rotatable bonds is 5. The van der Waals surface area contributed by atoms with Gasteiger partial charge in [0, 0.05) is 0 Å². The number of nitrogens with two attached hydrogens (primary N) is 1. The number of halogens is 3. The summed E-state index contributed by atoms with van der Waals surface area (Å²) in [6.07, 6.45) is 5.01. The van der Waals surface area contributed by atoms with Crippen LogP contribution in [0.15, 0.2) is 42.2 Å². The molecule has 0 heterocycles. The fourth-order valence-corrected chi connectivity index (χ4v) is 3.64. The molecule has 0 amide bonds. The fourth-order valence-electron chi connectivity index (χ4n) is 1.92. The summed E-state index contributed by atoms with van der Waals surface area (Å²) < 4.78 is 6.30. The molecule has 0 bridgehead atoms. The SMILES string of the molecule is N[C@@H](Cc1ccc(OC2=CC(I)(I)C(O)C=C2)c(I)c1)C(=O)O. The Hall–Kier alpha value is 0.0800. The number of aliphatic hydroxyl groups excluding tert-OH is 1. The molecule has 1 aromatic rings. The van der Waals surface area contributed by atoms with Gasteiger partial charge in [-0.25, -0.2) is 0 Å². The van der Waals surface area contributed by atoms with E-state index in [9.17, 15) is 9.90 Å². The van der Waals surface area contributed by atoms with Gasteiger partial charge in [0.25, 0.3) is 0 Å². The van der Waals surface area contributed by atoms with Crippen LogP contribution in [0.1, 0.15) is 5.56 Å². The third-order valence-corrected chi connectivity index (χ3v) is 5.91. The number of carbonyl (C=O) groups is 1. The molecular formula is C15H14I3NO4. The first-order valence-electron chi connectivity index (χ1n) is 6.60. The van der Waals surface area contributed by atoms with Crippen molar-refractivity contribution in [3.8, 4) is 5.75 Å². The number of hydrogen-bond donors (Lipinski definition) is 3. The number of benzene rings is 1. The Morgan fingerprint density at radius 2 is 2.13 bits per heavy atom. The van der Waals surface area contributed by atoms with Crippen molar-refractivity contribution >= 4 is 73.7 Å². The van der Waals surface area contributed by atoms with Crippen molar-refractivity contribution in [2.24, 2.45) is 5.73 Å². The number of aliphatic carboxylic acids is 1. The number of aliphatic hydroxyl groups is 1. The highest BCUT2D eigenvalue weighted by Gasteiger charge is 2.31. The summed E-state index contributed by atoms with van der Waals surface area (Å²) in [6.45, 7) is 0. The third kappa shape index (κ3) is 5.28. The number of ether oxygens (including phenoxy) is 1. The Balaban J connectivity index is 2.13. The van der Waals surface area contributed by atoms with E-state index >= 15 is 0 Å². The lowest BCUT2D eigenvalue weighted by atomic mass is 10.1. The molecule has 0 saturated heterocycles. The molecule has 1 aromatic carbocycles. The van der Waals surface area contributed by atoms with Crippen molar-refractivity contribution < 1.29 is 19.7 Å². The van der Waals surface area contributed by atoms with Gasteiger partial charge in [0.1, 0.15) is 19.0 Å². The summed E-state index contributed by atoms with van der Waals surface area (Å²) in [5.41, 5.74) is 6.40. The first-order valence-corrected chi connectivity index (χ1v) is 9.84. The van der Waals surface area contributed by atoms with Crippen LogP contribution in [0.3, 0.4) is 0 Å². The highest BCUT2D eigenvalue weighted by Crippen LogP contribution is 2.38. The van der Waals surface area contributed by atoms with Gasteiger partial charge < -0.3 is 20.7 Å². The molecule has 0 saturated carbocycles. The van der Waals surface area contributed by atoms with E-state index in [1.165, 1.54) is 0 Å². The van der Waals surface area contributed by atoms with E-state index in [-0.39, 0.29) is 6.42 Å². The molecule has 4 N–H and O–H groups in total. The summed E-state index contributed by atoms with van der Waals surface area (Å²) in [6, 6.07) is 4.56. The van der Waals surface area contributed by atoms with Crippen molar-refractivity contribution in [1.82, 2.24) is 0 Å². The number of allylic oxidation sites excluding steroid dienone is 1. The minimum atomic E-state index is -1.02. The van der Waals surface area contributed by atoms with Gasteiger partial charge in [-0.2, -0.15) is 0 Å². The maximum absolute atomic E-state index is 10.8. The summed E-state index contributed by atoms with van der Waals surface area (Å²) in [5, 5.41) is 18.7. The fraction of sp³-hybridized carbons (Fsp3) is 0.267. The highest BCUT2D eigenvalue weighted by molar-refractivity contribution is 14.2. The van der Waals surface area contributed by atoms with Gasteiger partial charge in [-0.3, -0.25) is 4.79 Å². The Labute approximate surface area is 174 Å². The lowest BCUT2D eigenvalue weighted by Gasteiger charge is -2.25. The van der Waals surface area contributed by atoms with Crippen LogP contribution in [0.5, 0.6) is 5.75 Å². The van der Waals surface area contributed by atoms with Crippen LogP contribution in [0, 0.1) is 3.57 Å². The minimum absolute atomic E-state index is 0.269. The standard InChI is InChI=1S/C15H14I3NO4/c16-10-5-8(6-11(19)14(21)22)1-3-12(10)23-9-2-4-13(20)15(17,18)7-9/h1-5,7,11,13,20H,6,19H2,(H,21,22)/t11-,13?/m0/s1. The minimum Gasteiger partial charge on any atom is -0.480 e. The molecule has 1 aliphatic carbocycles. The van der Waals surface area contributed by atoms with E-state index in [0.717, 1.165) is 9.13 Å². The Kier molecular flexibility index (Phi) is 6.73. The van der Waals surface area contributed by atoms with Gasteiger partial charge in [0.05, 0.1) is 9.67 Å². The monoisotopic (exact) mass is 653 g/mol. The molecule has 1 aliphatic rings. The molecule has 124 valence electrons. The molecule has 0 spiro atoms. The molecule has 0 fully saturated rings. The van der Waals surface area contributed by atoms with Crippen LogP contribution in [-0.4, -0.2) is 29.8 Å². The summed E-state index contributed by atoms with van der Waals surface area (Å²) >= 11 is 6.47. The second-order valence-corrected chi connectivity index (χ2v) is 11.8. The van der Waals surface area contributed by atoms with Crippen molar-refractivity contribution in [2.45, 2.75) is 20.0 Å². The van der Waals surface area contributed by atoms with Crippen LogP contribution in [-0.2, 0) is 11.2 Å². The number of alkyl halides is 2. The first kappa shape index (κ1) is 19.4. The molecule has 0 aliphatic heterocycles. The average molecular weight is 653 g/mol. The van der Waals surface area contributed by atoms with E-state index in [2.05, 4.69) is 67.8 Å². The molecule has 0 radical (unpaired) electrons. The normalized spacial score (nSPS) is 20.7. The first-order chi connectivity index (χ1) is 10.7. The second-order valence-electron chi connectivity index (χ2n) is 5.04. The maximum atomic E-state index is 10.8. The van der Waals surface area contributed by atoms with E-state index in [1.807, 2.05) is 18.2 Å². The van der Waals surface area contributed by atoms with Crippen molar-refractivity contribution in [3.63, 3.8) is 0 Å². The number of hydrogen-bond acceptors (Lipinski definition) is 4. The van der Waals surface area contributed by atoms with Crippen LogP contribution >= 0.6 is 67.8 Å². The predicted molar refractivity (Wildman–Crippen MR) is 113 cm³/mol. The van der Waals surface area contributed by atoms with Crippen molar-refractivity contribution in [2.75, 3.05) is 0 Å². The smallest absolute Gasteiger partial charge is 0.320 e. The van der Waals surface area contributed by atoms with E-state index < -0.39 is 19.5 Å². The largest absolute Gasteiger partial charge is 0.480 e. The van der Waals surface area contributed by atoms with Crippen LogP contribution < -0.4 is 10.5 Å². The van der Waals surface area contributed by atoms with Crippen molar-refractivity contribution in [3.05, 3.63) is 51.3 Å². The van der Waals surface area contributed by atoms with Crippen LogP contribution in [0.4, 0.5) is 0 Å². The molecule has 8 heteroatoms. The van der Waals surface area contributed by atoms with E-state index in [1.54, 1.807) is 18.2 Å². The molecule has 2 rings (SSSR count). The second kappa shape index (κ2) is 7.97. The number of carboxylic acid groups (broad SMARTS) is 1. The molecule has 5 nitrogen and oxygen atoms in total. The van der Waals surface area contributed by atoms with Gasteiger partial charge >= 0.3 is 5.97 Å². The summed E-state index contributed by atoms with van der Waals surface area (Å²) in [4.78, 5) is 10.8. The van der Waals surface area contributed by atoms with Gasteiger partial charge in [-0.15, -0.1) is 0 Å². The van der Waals surface area contributed by atoms with Gasteiger partial charge in [-0.1, -0.05) is 57.3 Å². The Morgan fingerprint density at radius 3 is 2.70 bits per heavy atom. The molecule has 23 heavy (non-hydrogen) atoms. The zero-order valence-electron chi connectivity index (χ0n) is 11.7. The quantitative estimate of drug-likeness (QED) is 0.336. The maximum Gasteiger partial charge on any atom is 0.320 e. The highest BCUT2D eigenvalue weighted by atomic mass is 127. The molecule has 0 aromatic heterocycles. The van der Waals surface area contributed by atoms with Gasteiger partial charge in [-0.05, 0) is 58.9 Å². The average Bonchev–Trinajstić information content (AvgIpc) is 2.45. The molecular weight excluding hydrogens is 639 g/mol. The third-order valence-electron chi connectivity index (χ3n) is 3.17. The summed E-state index contributed by atoms with van der Waals surface area (Å²) in [5.74, 6) is 0.318. The zero-order chi connectivity index (χ0) is 17.2. The van der Waals surface area contributed by atoms with Crippen LogP contribution in [0.25, 0.3) is 0 Å². The lowest BCUT2D eigenvalue weighted by Crippen LogP contribution is -2.32. The van der Waals surface area contributed by atoms with Crippen LogP contribution in [0.2, 0.25) is 0 Å². The molecule has 1 unspecified atom stereocenters.